The van der Waals surface area contributed by atoms with E-state index in [-0.39, 0.29) is 11.8 Å². The van der Waals surface area contributed by atoms with Gasteiger partial charge in [-0.1, -0.05) is 12.1 Å². The largest absolute Gasteiger partial charge is 0.326 e. The Morgan fingerprint density at radius 3 is 2.75 bits per heavy atom. The van der Waals surface area contributed by atoms with Crippen molar-refractivity contribution in [3.05, 3.63) is 36.5 Å². The molecular formula is C15H18N4O. The Bertz CT molecular complexity index is 556. The first kappa shape index (κ1) is 12.9. The van der Waals surface area contributed by atoms with Crippen molar-refractivity contribution in [3.63, 3.8) is 0 Å². The van der Waals surface area contributed by atoms with Gasteiger partial charge in [0.15, 0.2) is 0 Å². The fraction of sp³-hybridized carbons (Fsp3) is 0.333. The van der Waals surface area contributed by atoms with Crippen LogP contribution in [0.4, 0.5) is 5.69 Å². The molecule has 1 unspecified atom stereocenters. The Morgan fingerprint density at radius 1 is 1.25 bits per heavy atom. The van der Waals surface area contributed by atoms with E-state index in [1.165, 1.54) is 0 Å². The Balaban J connectivity index is 1.64. The molecule has 0 radical (unpaired) electrons. The maximum atomic E-state index is 12.1. The van der Waals surface area contributed by atoms with Gasteiger partial charge in [-0.3, -0.25) is 9.89 Å². The van der Waals surface area contributed by atoms with Gasteiger partial charge in [0, 0.05) is 18.4 Å². The summed E-state index contributed by atoms with van der Waals surface area (Å²) in [4.78, 5) is 12.1. The van der Waals surface area contributed by atoms with Crippen molar-refractivity contribution in [1.82, 2.24) is 15.5 Å². The molecule has 5 heteroatoms. The predicted molar refractivity (Wildman–Crippen MR) is 78.2 cm³/mol. The van der Waals surface area contributed by atoms with Gasteiger partial charge < -0.3 is 10.6 Å². The van der Waals surface area contributed by atoms with Gasteiger partial charge >= 0.3 is 0 Å². The van der Waals surface area contributed by atoms with Crippen molar-refractivity contribution in [1.29, 1.82) is 0 Å². The molecule has 1 aromatic heterocycles. The van der Waals surface area contributed by atoms with Gasteiger partial charge in [0.05, 0.1) is 11.6 Å². The van der Waals surface area contributed by atoms with Crippen LogP contribution in [0.1, 0.15) is 12.8 Å². The van der Waals surface area contributed by atoms with E-state index in [0.717, 1.165) is 42.9 Å². The number of amides is 1. The third kappa shape index (κ3) is 2.88. The molecule has 2 aromatic rings. The van der Waals surface area contributed by atoms with E-state index >= 15 is 0 Å². The Labute approximate surface area is 117 Å². The van der Waals surface area contributed by atoms with Crippen LogP contribution in [0, 0.1) is 5.92 Å². The summed E-state index contributed by atoms with van der Waals surface area (Å²) in [7, 11) is 0. The first-order chi connectivity index (χ1) is 9.83. The van der Waals surface area contributed by atoms with Crippen LogP contribution in [-0.2, 0) is 4.79 Å². The van der Waals surface area contributed by atoms with Crippen molar-refractivity contribution < 1.29 is 4.79 Å². The maximum Gasteiger partial charge on any atom is 0.228 e. The van der Waals surface area contributed by atoms with E-state index in [4.69, 9.17) is 0 Å². The standard InChI is InChI=1S/C15H18N4O/c20-15(12-2-1-8-16-10-12)18-13-5-3-11(4-6-13)14-7-9-17-19-14/h3-7,9,12,16H,1-2,8,10H2,(H,17,19)(H,18,20). The van der Waals surface area contributed by atoms with Gasteiger partial charge in [-0.25, -0.2) is 0 Å². The van der Waals surface area contributed by atoms with E-state index in [1.54, 1.807) is 6.20 Å². The van der Waals surface area contributed by atoms with E-state index in [1.807, 2.05) is 30.3 Å². The molecule has 1 saturated heterocycles. The Kier molecular flexibility index (Phi) is 3.78. The number of piperidine rings is 1. The fourth-order valence-electron chi connectivity index (χ4n) is 2.47. The summed E-state index contributed by atoms with van der Waals surface area (Å²) in [6, 6.07) is 9.71. The van der Waals surface area contributed by atoms with E-state index in [2.05, 4.69) is 20.8 Å². The van der Waals surface area contributed by atoms with Crippen molar-refractivity contribution in [3.8, 4) is 11.3 Å². The molecule has 0 aliphatic carbocycles. The Morgan fingerprint density at radius 2 is 2.10 bits per heavy atom. The number of aromatic nitrogens is 2. The Hall–Kier alpha value is -2.14. The lowest BCUT2D eigenvalue weighted by atomic mass is 9.99. The molecule has 104 valence electrons. The molecule has 1 amide bonds. The van der Waals surface area contributed by atoms with Crippen molar-refractivity contribution >= 4 is 11.6 Å². The van der Waals surface area contributed by atoms with Gasteiger partial charge in [-0.15, -0.1) is 0 Å². The number of carbonyl (C=O) groups excluding carboxylic acids is 1. The number of carbonyl (C=O) groups is 1. The smallest absolute Gasteiger partial charge is 0.228 e. The maximum absolute atomic E-state index is 12.1. The molecule has 2 heterocycles. The lowest BCUT2D eigenvalue weighted by molar-refractivity contribution is -0.120. The van der Waals surface area contributed by atoms with Gasteiger partial charge in [0.2, 0.25) is 5.91 Å². The second kappa shape index (κ2) is 5.88. The summed E-state index contributed by atoms with van der Waals surface area (Å²) in [5.74, 6) is 0.183. The average molecular weight is 270 g/mol. The summed E-state index contributed by atoms with van der Waals surface area (Å²) in [5.41, 5.74) is 2.86. The minimum atomic E-state index is 0.0797. The number of rotatable bonds is 3. The predicted octanol–water partition coefficient (Wildman–Crippen LogP) is 2.01. The molecule has 1 fully saturated rings. The summed E-state index contributed by atoms with van der Waals surface area (Å²) in [6.07, 6.45) is 3.75. The molecule has 0 bridgehead atoms. The van der Waals surface area contributed by atoms with Crippen LogP contribution in [0.2, 0.25) is 0 Å². The van der Waals surface area contributed by atoms with Crippen molar-refractivity contribution in [2.75, 3.05) is 18.4 Å². The van der Waals surface area contributed by atoms with Crippen LogP contribution in [0.25, 0.3) is 11.3 Å². The first-order valence-corrected chi connectivity index (χ1v) is 6.94. The van der Waals surface area contributed by atoms with Gasteiger partial charge in [0.25, 0.3) is 0 Å². The summed E-state index contributed by atoms with van der Waals surface area (Å²) in [6.45, 7) is 1.79. The average Bonchev–Trinajstić information content (AvgIpc) is 3.03. The topological polar surface area (TPSA) is 69.8 Å². The second-order valence-electron chi connectivity index (χ2n) is 5.08. The quantitative estimate of drug-likeness (QED) is 0.799. The molecule has 3 rings (SSSR count). The number of hydrogen-bond donors (Lipinski definition) is 3. The zero-order valence-corrected chi connectivity index (χ0v) is 11.2. The summed E-state index contributed by atoms with van der Waals surface area (Å²) < 4.78 is 0. The third-order valence-electron chi connectivity index (χ3n) is 3.63. The molecule has 1 aliphatic heterocycles. The lowest BCUT2D eigenvalue weighted by Crippen LogP contribution is -2.37. The number of anilines is 1. The molecule has 1 aliphatic rings. The van der Waals surface area contributed by atoms with Crippen LogP contribution in [0.15, 0.2) is 36.5 Å². The number of H-pyrrole nitrogens is 1. The van der Waals surface area contributed by atoms with Crippen molar-refractivity contribution in [2.24, 2.45) is 5.92 Å². The highest BCUT2D eigenvalue weighted by Gasteiger charge is 2.20. The number of hydrogen-bond acceptors (Lipinski definition) is 3. The molecule has 0 saturated carbocycles. The number of nitrogens with zero attached hydrogens (tertiary/aromatic N) is 1. The zero-order chi connectivity index (χ0) is 13.8. The summed E-state index contributed by atoms with van der Waals surface area (Å²) in [5, 5.41) is 13.1. The van der Waals surface area contributed by atoms with E-state index in [9.17, 15) is 4.79 Å². The fourth-order valence-corrected chi connectivity index (χ4v) is 2.47. The highest BCUT2D eigenvalue weighted by atomic mass is 16.1. The van der Waals surface area contributed by atoms with Crippen LogP contribution >= 0.6 is 0 Å². The van der Waals surface area contributed by atoms with Crippen LogP contribution in [-0.4, -0.2) is 29.2 Å². The minimum Gasteiger partial charge on any atom is -0.326 e. The molecule has 0 spiro atoms. The second-order valence-corrected chi connectivity index (χ2v) is 5.08. The zero-order valence-electron chi connectivity index (χ0n) is 11.2. The molecule has 20 heavy (non-hydrogen) atoms. The first-order valence-electron chi connectivity index (χ1n) is 6.94. The van der Waals surface area contributed by atoms with Gasteiger partial charge in [0.1, 0.15) is 0 Å². The van der Waals surface area contributed by atoms with Crippen LogP contribution in [0.3, 0.4) is 0 Å². The van der Waals surface area contributed by atoms with E-state index in [0.29, 0.717) is 0 Å². The molecule has 1 atom stereocenters. The molecular weight excluding hydrogens is 252 g/mol. The highest BCUT2D eigenvalue weighted by molar-refractivity contribution is 5.93. The van der Waals surface area contributed by atoms with Gasteiger partial charge in [-0.05, 0) is 43.1 Å². The molecule has 5 nitrogen and oxygen atoms in total. The van der Waals surface area contributed by atoms with Crippen LogP contribution < -0.4 is 10.6 Å². The number of aromatic amines is 1. The normalized spacial score (nSPS) is 18.7. The molecule has 3 N–H and O–H groups in total. The number of nitrogens with one attached hydrogen (secondary N) is 3. The molecule has 1 aromatic carbocycles. The van der Waals surface area contributed by atoms with Crippen molar-refractivity contribution in [2.45, 2.75) is 12.8 Å². The minimum absolute atomic E-state index is 0.0797. The van der Waals surface area contributed by atoms with Crippen LogP contribution in [0.5, 0.6) is 0 Å². The van der Waals surface area contributed by atoms with E-state index < -0.39 is 0 Å². The lowest BCUT2D eigenvalue weighted by Gasteiger charge is -2.21. The highest BCUT2D eigenvalue weighted by Crippen LogP contribution is 2.20. The summed E-state index contributed by atoms with van der Waals surface area (Å²) >= 11 is 0. The SMILES string of the molecule is O=C(Nc1ccc(-c2ccn[nH]2)cc1)C1CCCNC1. The van der Waals surface area contributed by atoms with Gasteiger partial charge in [-0.2, -0.15) is 5.10 Å². The third-order valence-corrected chi connectivity index (χ3v) is 3.63. The monoisotopic (exact) mass is 270 g/mol. The number of benzene rings is 1.